The van der Waals surface area contributed by atoms with Gasteiger partial charge in [0.05, 0.1) is 18.2 Å². The molecule has 0 bridgehead atoms. The Morgan fingerprint density at radius 2 is 2.19 bits per heavy atom. The lowest BCUT2D eigenvalue weighted by Crippen LogP contribution is -2.38. The second-order valence-electron chi connectivity index (χ2n) is 6.42. The fourth-order valence-electron chi connectivity index (χ4n) is 2.80. The largest absolute Gasteiger partial charge is 0.381 e. The van der Waals surface area contributed by atoms with Crippen LogP contribution in [0.5, 0.6) is 0 Å². The number of benzene rings is 1. The van der Waals surface area contributed by atoms with Gasteiger partial charge in [0, 0.05) is 39.5 Å². The maximum absolute atomic E-state index is 8.97. The first-order chi connectivity index (χ1) is 12.8. The Kier molecular flexibility index (Phi) is 9.55. The van der Waals surface area contributed by atoms with Crippen molar-refractivity contribution in [3.8, 4) is 6.07 Å². The second kappa shape index (κ2) is 12.3. The predicted molar refractivity (Wildman–Crippen MR) is 103 cm³/mol. The molecule has 1 fully saturated rings. The summed E-state index contributed by atoms with van der Waals surface area (Å²) < 4.78 is 11.1. The maximum Gasteiger partial charge on any atom is 0.191 e. The molecule has 26 heavy (non-hydrogen) atoms. The van der Waals surface area contributed by atoms with Crippen LogP contribution in [0, 0.1) is 17.2 Å². The second-order valence-corrected chi connectivity index (χ2v) is 6.42. The van der Waals surface area contributed by atoms with Gasteiger partial charge in [-0.3, -0.25) is 0 Å². The number of aliphatic imine (C=N–C) groups is 1. The van der Waals surface area contributed by atoms with Gasteiger partial charge in [-0.1, -0.05) is 12.1 Å². The van der Waals surface area contributed by atoms with Crippen LogP contribution in [0.3, 0.4) is 0 Å². The summed E-state index contributed by atoms with van der Waals surface area (Å²) >= 11 is 0. The molecule has 0 radical (unpaired) electrons. The van der Waals surface area contributed by atoms with Gasteiger partial charge in [-0.15, -0.1) is 0 Å². The van der Waals surface area contributed by atoms with Crippen LogP contribution in [0.25, 0.3) is 0 Å². The van der Waals surface area contributed by atoms with Gasteiger partial charge in [0.2, 0.25) is 0 Å². The van der Waals surface area contributed by atoms with E-state index in [-0.39, 0.29) is 0 Å². The molecule has 0 spiro atoms. The number of nitrogens with zero attached hydrogens (tertiary/aromatic N) is 2. The Balaban J connectivity index is 1.65. The third-order valence-electron chi connectivity index (χ3n) is 4.27. The van der Waals surface area contributed by atoms with Gasteiger partial charge in [-0.25, -0.2) is 4.99 Å². The van der Waals surface area contributed by atoms with Gasteiger partial charge in [0.1, 0.15) is 0 Å². The lowest BCUT2D eigenvalue weighted by Gasteiger charge is -2.21. The Morgan fingerprint density at radius 1 is 1.35 bits per heavy atom. The van der Waals surface area contributed by atoms with Crippen LogP contribution in [0.1, 0.15) is 37.3 Å². The SMILES string of the molecule is CCNC(=NCc1cccc(C#N)c1)NCCCOCC1CCOCC1. The van der Waals surface area contributed by atoms with Crippen molar-refractivity contribution in [3.05, 3.63) is 35.4 Å². The van der Waals surface area contributed by atoms with Gasteiger partial charge in [-0.2, -0.15) is 5.26 Å². The number of hydrogen-bond acceptors (Lipinski definition) is 4. The molecule has 1 aliphatic heterocycles. The normalized spacial score (nSPS) is 15.5. The third-order valence-corrected chi connectivity index (χ3v) is 4.27. The molecule has 6 nitrogen and oxygen atoms in total. The molecular formula is C20H30N4O2. The van der Waals surface area contributed by atoms with Crippen molar-refractivity contribution in [2.75, 3.05) is 39.5 Å². The average molecular weight is 358 g/mol. The molecule has 1 aromatic carbocycles. The van der Waals surface area contributed by atoms with Crippen molar-refractivity contribution >= 4 is 5.96 Å². The smallest absolute Gasteiger partial charge is 0.191 e. The molecule has 1 aliphatic rings. The number of nitriles is 1. The number of hydrogen-bond donors (Lipinski definition) is 2. The van der Waals surface area contributed by atoms with Crippen molar-refractivity contribution in [2.45, 2.75) is 32.7 Å². The molecule has 2 rings (SSSR count). The minimum atomic E-state index is 0.547. The van der Waals surface area contributed by atoms with Crippen molar-refractivity contribution < 1.29 is 9.47 Å². The van der Waals surface area contributed by atoms with Gasteiger partial charge in [0.15, 0.2) is 5.96 Å². The van der Waals surface area contributed by atoms with Gasteiger partial charge < -0.3 is 20.1 Å². The summed E-state index contributed by atoms with van der Waals surface area (Å²) in [7, 11) is 0. The highest BCUT2D eigenvalue weighted by atomic mass is 16.5. The Bertz CT molecular complexity index is 592. The van der Waals surface area contributed by atoms with Crippen molar-refractivity contribution in [2.24, 2.45) is 10.9 Å². The van der Waals surface area contributed by atoms with Gasteiger partial charge in [-0.05, 0) is 49.8 Å². The van der Waals surface area contributed by atoms with Crippen molar-refractivity contribution in [1.29, 1.82) is 5.26 Å². The molecule has 0 saturated carbocycles. The first kappa shape index (κ1) is 20.2. The van der Waals surface area contributed by atoms with E-state index < -0.39 is 0 Å². The molecule has 0 aliphatic carbocycles. The lowest BCUT2D eigenvalue weighted by atomic mass is 10.0. The molecule has 6 heteroatoms. The first-order valence-electron chi connectivity index (χ1n) is 9.48. The fraction of sp³-hybridized carbons (Fsp3) is 0.600. The van der Waals surface area contributed by atoms with Crippen LogP contribution in [0.4, 0.5) is 0 Å². The van der Waals surface area contributed by atoms with Crippen LogP contribution >= 0.6 is 0 Å². The highest BCUT2D eigenvalue weighted by molar-refractivity contribution is 5.79. The summed E-state index contributed by atoms with van der Waals surface area (Å²) in [6.07, 6.45) is 3.17. The molecule has 1 aromatic rings. The van der Waals surface area contributed by atoms with E-state index in [1.165, 1.54) is 0 Å². The summed E-state index contributed by atoms with van der Waals surface area (Å²) in [4.78, 5) is 4.58. The Labute approximate surface area is 156 Å². The van der Waals surface area contributed by atoms with Crippen LogP contribution in [0.2, 0.25) is 0 Å². The lowest BCUT2D eigenvalue weighted by molar-refractivity contribution is 0.0203. The first-order valence-corrected chi connectivity index (χ1v) is 9.48. The molecule has 1 saturated heterocycles. The van der Waals surface area contributed by atoms with Crippen molar-refractivity contribution in [1.82, 2.24) is 10.6 Å². The zero-order valence-electron chi connectivity index (χ0n) is 15.7. The summed E-state index contributed by atoms with van der Waals surface area (Å²) in [5.41, 5.74) is 1.69. The topological polar surface area (TPSA) is 78.7 Å². The summed E-state index contributed by atoms with van der Waals surface area (Å²) in [6, 6.07) is 9.70. The number of ether oxygens (including phenoxy) is 2. The van der Waals surface area contributed by atoms with E-state index in [1.54, 1.807) is 6.07 Å². The van der Waals surface area contributed by atoms with E-state index in [0.717, 1.165) is 70.3 Å². The number of guanidine groups is 1. The molecule has 0 atom stereocenters. The molecule has 0 amide bonds. The number of nitrogens with one attached hydrogen (secondary N) is 2. The van der Waals surface area contributed by atoms with E-state index in [1.807, 2.05) is 25.1 Å². The fourth-order valence-corrected chi connectivity index (χ4v) is 2.80. The van der Waals surface area contributed by atoms with E-state index in [0.29, 0.717) is 18.0 Å². The van der Waals surface area contributed by atoms with E-state index in [9.17, 15) is 0 Å². The summed E-state index contributed by atoms with van der Waals surface area (Å²) in [5.74, 6) is 1.44. The zero-order chi connectivity index (χ0) is 18.5. The minimum Gasteiger partial charge on any atom is -0.381 e. The van der Waals surface area contributed by atoms with E-state index >= 15 is 0 Å². The van der Waals surface area contributed by atoms with Crippen LogP contribution in [-0.4, -0.2) is 45.5 Å². The van der Waals surface area contributed by atoms with Gasteiger partial charge in [0.25, 0.3) is 0 Å². The van der Waals surface area contributed by atoms with Crippen molar-refractivity contribution in [3.63, 3.8) is 0 Å². The zero-order valence-corrected chi connectivity index (χ0v) is 15.7. The Hall–Kier alpha value is -2.10. The van der Waals surface area contributed by atoms with Gasteiger partial charge >= 0.3 is 0 Å². The standard InChI is InChI=1S/C20H30N4O2/c1-2-22-20(24-15-19-6-3-5-18(13-19)14-21)23-9-4-10-26-16-17-7-11-25-12-8-17/h3,5-6,13,17H,2,4,7-12,15-16H2,1H3,(H2,22,23,24). The predicted octanol–water partition coefficient (Wildman–Crippen LogP) is 2.45. The highest BCUT2D eigenvalue weighted by Crippen LogP contribution is 2.14. The summed E-state index contributed by atoms with van der Waals surface area (Å²) in [6.45, 7) is 7.56. The third kappa shape index (κ3) is 7.85. The minimum absolute atomic E-state index is 0.547. The van der Waals surface area contributed by atoms with Crippen LogP contribution < -0.4 is 10.6 Å². The molecule has 0 unspecified atom stereocenters. The van der Waals surface area contributed by atoms with E-state index in [2.05, 4.69) is 21.7 Å². The highest BCUT2D eigenvalue weighted by Gasteiger charge is 2.13. The van der Waals surface area contributed by atoms with Crippen LogP contribution in [0.15, 0.2) is 29.3 Å². The average Bonchev–Trinajstić information content (AvgIpc) is 2.69. The molecule has 142 valence electrons. The molecule has 2 N–H and O–H groups in total. The summed E-state index contributed by atoms with van der Waals surface area (Å²) in [5, 5.41) is 15.5. The quantitative estimate of drug-likeness (QED) is 0.403. The van der Waals surface area contributed by atoms with Crippen LogP contribution in [-0.2, 0) is 16.0 Å². The number of rotatable bonds is 9. The molecule has 1 heterocycles. The molecule has 0 aromatic heterocycles. The molecular weight excluding hydrogens is 328 g/mol. The van der Waals surface area contributed by atoms with E-state index in [4.69, 9.17) is 14.7 Å². The monoisotopic (exact) mass is 358 g/mol. The maximum atomic E-state index is 8.97. The Morgan fingerprint density at radius 3 is 2.96 bits per heavy atom.